The van der Waals surface area contributed by atoms with Crippen LogP contribution in [0.15, 0.2) is 47.7 Å². The lowest BCUT2D eigenvalue weighted by atomic mass is 10.0. The molecule has 1 aliphatic rings. The first-order chi connectivity index (χ1) is 20.5. The zero-order valence-corrected chi connectivity index (χ0v) is 29.6. The lowest BCUT2D eigenvalue weighted by Gasteiger charge is -2.31. The molecule has 242 valence electrons. The molecule has 0 spiro atoms. The Hall–Kier alpha value is -2.92. The molecule has 1 fully saturated rings. The number of benzene rings is 1. The van der Waals surface area contributed by atoms with Gasteiger partial charge in [-0.1, -0.05) is 72.1 Å². The molecule has 1 aliphatic heterocycles. The fourth-order valence-electron chi connectivity index (χ4n) is 4.20. The number of hydrogen-bond donors (Lipinski definition) is 1. The highest BCUT2D eigenvalue weighted by atomic mass is 16.5. The highest BCUT2D eigenvalue weighted by Crippen LogP contribution is 2.25. The molecule has 2 N–H and O–H groups in total. The van der Waals surface area contributed by atoms with Crippen LogP contribution in [0.4, 0.5) is 0 Å². The normalized spacial score (nSPS) is 14.9. The minimum Gasteiger partial charge on any atom is -0.493 e. The number of nitrogens with two attached hydrogens (primary N) is 1. The molecular formula is C38H63N3O2. The Morgan fingerprint density at radius 1 is 1.12 bits per heavy atom. The van der Waals surface area contributed by atoms with Crippen LogP contribution in [0, 0.1) is 26.7 Å². The number of carbonyl (C=O) groups is 1. The Morgan fingerprint density at radius 2 is 1.77 bits per heavy atom. The molecule has 0 radical (unpaired) electrons. The lowest BCUT2D eigenvalue weighted by molar-refractivity contribution is 0.0708. The van der Waals surface area contributed by atoms with Gasteiger partial charge in [0.1, 0.15) is 5.75 Å². The molecule has 0 aliphatic carbocycles. The number of aromatic nitrogens is 1. The average Bonchev–Trinajstić information content (AvgIpc) is 3.03. The van der Waals surface area contributed by atoms with Crippen molar-refractivity contribution in [2.45, 2.75) is 121 Å². The number of rotatable bonds is 8. The molecule has 1 saturated heterocycles. The van der Waals surface area contributed by atoms with Gasteiger partial charge in [0.25, 0.3) is 5.91 Å². The summed E-state index contributed by atoms with van der Waals surface area (Å²) in [5.74, 6) is 1.82. The van der Waals surface area contributed by atoms with Gasteiger partial charge >= 0.3 is 0 Å². The van der Waals surface area contributed by atoms with E-state index in [1.807, 2.05) is 63.9 Å². The Bertz CT molecular complexity index is 1130. The van der Waals surface area contributed by atoms with Crippen molar-refractivity contribution in [2.75, 3.05) is 19.7 Å². The molecule has 0 bridgehead atoms. The Labute approximate surface area is 265 Å². The third-order valence-corrected chi connectivity index (χ3v) is 7.94. The van der Waals surface area contributed by atoms with Crippen LogP contribution in [-0.2, 0) is 0 Å². The van der Waals surface area contributed by atoms with Gasteiger partial charge < -0.3 is 15.4 Å². The number of likely N-dealkylation sites (tertiary alicyclic amines) is 1. The van der Waals surface area contributed by atoms with E-state index in [4.69, 9.17) is 10.5 Å². The van der Waals surface area contributed by atoms with Crippen LogP contribution in [0.25, 0.3) is 6.08 Å². The number of carbonyl (C=O) groups excluding carboxylic acids is 1. The summed E-state index contributed by atoms with van der Waals surface area (Å²) in [5.41, 5.74) is 13.8. The van der Waals surface area contributed by atoms with E-state index < -0.39 is 0 Å². The molecule has 5 nitrogen and oxygen atoms in total. The number of hydrogen-bond acceptors (Lipinski definition) is 4. The van der Waals surface area contributed by atoms with Gasteiger partial charge in [0.15, 0.2) is 0 Å². The van der Waals surface area contributed by atoms with Gasteiger partial charge in [0.2, 0.25) is 0 Å². The Balaban J connectivity index is 0.000000690. The minimum atomic E-state index is 0.0644. The molecule has 5 heteroatoms. The van der Waals surface area contributed by atoms with Gasteiger partial charge in [-0.25, -0.2) is 0 Å². The average molecular weight is 594 g/mol. The second kappa shape index (κ2) is 22.6. The Kier molecular flexibility index (Phi) is 21.1. The standard InChI is InChI=1S/C17H26N2O2.C13H17N.C6H14.C2H6/c1-4-8-21-16-10-14(9-12(2)13(16)3)17(20)19-7-5-6-15(18)11-19;1-5-10(2)11(3)9-13-7-6-8-14-12(13)4;1-4-6(3)5-2;1-2/h9-10,15H,4-8,11,18H2,1-3H3;5-9H,1-4H3;6H,4-5H2,1-3H3;1-2H3/b;10-5+,11-9+;;. The molecule has 1 atom stereocenters. The largest absolute Gasteiger partial charge is 0.493 e. The van der Waals surface area contributed by atoms with Gasteiger partial charge in [0, 0.05) is 36.6 Å². The third-order valence-electron chi connectivity index (χ3n) is 7.94. The molecule has 0 saturated carbocycles. The summed E-state index contributed by atoms with van der Waals surface area (Å²) in [4.78, 5) is 18.8. The van der Waals surface area contributed by atoms with Gasteiger partial charge in [0.05, 0.1) is 6.61 Å². The molecule has 1 unspecified atom stereocenters. The third kappa shape index (κ3) is 14.9. The molecule has 2 aromatic rings. The summed E-state index contributed by atoms with van der Waals surface area (Å²) < 4.78 is 5.77. The summed E-state index contributed by atoms with van der Waals surface area (Å²) in [5, 5.41) is 0. The zero-order chi connectivity index (χ0) is 32.9. The molecule has 1 aromatic carbocycles. The summed E-state index contributed by atoms with van der Waals surface area (Å²) in [6.07, 6.45) is 11.7. The van der Waals surface area contributed by atoms with Gasteiger partial charge in [-0.3, -0.25) is 9.78 Å². The molecule has 1 amide bonds. The summed E-state index contributed by atoms with van der Waals surface area (Å²) in [6, 6.07) is 7.99. The van der Waals surface area contributed by atoms with Crippen molar-refractivity contribution in [2.24, 2.45) is 11.7 Å². The van der Waals surface area contributed by atoms with Gasteiger partial charge in [-0.15, -0.1) is 0 Å². The van der Waals surface area contributed by atoms with E-state index in [0.717, 1.165) is 54.3 Å². The fourth-order valence-corrected chi connectivity index (χ4v) is 4.20. The SMILES string of the molecule is C/C=C(C)/C(C)=C/c1cccnc1C.CC.CCC(C)CC.CCCOc1cc(C(=O)N2CCCC(N)C2)cc(C)c1C. The van der Waals surface area contributed by atoms with E-state index in [0.29, 0.717) is 18.7 Å². The van der Waals surface area contributed by atoms with Crippen molar-refractivity contribution >= 4 is 12.0 Å². The minimum absolute atomic E-state index is 0.0644. The number of pyridine rings is 1. The molecule has 3 rings (SSSR count). The fraction of sp³-hybridized carbons (Fsp3) is 0.579. The molecular weight excluding hydrogens is 530 g/mol. The predicted molar refractivity (Wildman–Crippen MR) is 188 cm³/mol. The maximum absolute atomic E-state index is 12.6. The quantitative estimate of drug-likeness (QED) is 0.309. The van der Waals surface area contributed by atoms with Crippen LogP contribution in [0.2, 0.25) is 0 Å². The predicted octanol–water partition coefficient (Wildman–Crippen LogP) is 9.88. The number of piperidine rings is 1. The molecule has 2 heterocycles. The first-order valence-electron chi connectivity index (χ1n) is 16.5. The van der Waals surface area contributed by atoms with Crippen LogP contribution >= 0.6 is 0 Å². The number of nitrogens with zero attached hydrogens (tertiary/aromatic N) is 2. The lowest BCUT2D eigenvalue weighted by Crippen LogP contribution is -2.45. The monoisotopic (exact) mass is 593 g/mol. The van der Waals surface area contributed by atoms with E-state index in [1.54, 1.807) is 0 Å². The topological polar surface area (TPSA) is 68.5 Å². The second-order valence-electron chi connectivity index (χ2n) is 11.3. The maximum atomic E-state index is 12.6. The van der Waals surface area contributed by atoms with Crippen molar-refractivity contribution in [3.8, 4) is 5.75 Å². The van der Waals surface area contributed by atoms with E-state index in [9.17, 15) is 4.79 Å². The number of aryl methyl sites for hydroxylation is 2. The van der Waals surface area contributed by atoms with Crippen LogP contribution in [-0.4, -0.2) is 41.5 Å². The van der Waals surface area contributed by atoms with Crippen LogP contribution < -0.4 is 10.5 Å². The summed E-state index contributed by atoms with van der Waals surface area (Å²) in [7, 11) is 0. The first-order valence-corrected chi connectivity index (χ1v) is 16.5. The second-order valence-corrected chi connectivity index (χ2v) is 11.3. The van der Waals surface area contributed by atoms with Gasteiger partial charge in [-0.05, 0) is 113 Å². The van der Waals surface area contributed by atoms with E-state index in [2.05, 4.69) is 71.7 Å². The van der Waals surface area contributed by atoms with Crippen LogP contribution in [0.3, 0.4) is 0 Å². The van der Waals surface area contributed by atoms with E-state index >= 15 is 0 Å². The molecule has 43 heavy (non-hydrogen) atoms. The van der Waals surface area contributed by atoms with Crippen molar-refractivity contribution < 1.29 is 9.53 Å². The highest BCUT2D eigenvalue weighted by molar-refractivity contribution is 5.95. The number of allylic oxidation sites excluding steroid dienone is 3. The first kappa shape index (κ1) is 40.1. The number of ether oxygens (including phenoxy) is 1. The zero-order valence-electron chi connectivity index (χ0n) is 29.6. The van der Waals surface area contributed by atoms with E-state index in [1.165, 1.54) is 29.6 Å². The number of amides is 1. The van der Waals surface area contributed by atoms with Crippen molar-refractivity contribution in [1.29, 1.82) is 0 Å². The van der Waals surface area contributed by atoms with Gasteiger partial charge in [-0.2, -0.15) is 0 Å². The van der Waals surface area contributed by atoms with E-state index in [-0.39, 0.29) is 11.9 Å². The summed E-state index contributed by atoms with van der Waals surface area (Å²) in [6.45, 7) is 27.3. The Morgan fingerprint density at radius 3 is 2.28 bits per heavy atom. The summed E-state index contributed by atoms with van der Waals surface area (Å²) >= 11 is 0. The van der Waals surface area contributed by atoms with Crippen molar-refractivity contribution in [1.82, 2.24) is 9.88 Å². The maximum Gasteiger partial charge on any atom is 0.254 e. The smallest absolute Gasteiger partial charge is 0.254 e. The van der Waals surface area contributed by atoms with Crippen LogP contribution in [0.1, 0.15) is 127 Å². The van der Waals surface area contributed by atoms with Crippen molar-refractivity contribution in [3.63, 3.8) is 0 Å². The molecule has 1 aromatic heterocycles. The van der Waals surface area contributed by atoms with Crippen molar-refractivity contribution in [3.05, 3.63) is 75.6 Å². The van der Waals surface area contributed by atoms with Crippen LogP contribution in [0.5, 0.6) is 5.75 Å². The highest BCUT2D eigenvalue weighted by Gasteiger charge is 2.23.